The van der Waals surface area contributed by atoms with Crippen LogP contribution in [0.15, 0.2) is 65.8 Å². The number of nitro benzene ring substituents is 1. The van der Waals surface area contributed by atoms with Gasteiger partial charge in [-0.1, -0.05) is 30.3 Å². The lowest BCUT2D eigenvalue weighted by atomic mass is 10.00. The Morgan fingerprint density at radius 1 is 1.09 bits per heavy atom. The Hall–Kier alpha value is -3.28. The minimum Gasteiger partial charge on any atom is -0.278 e. The zero-order valence-electron chi connectivity index (χ0n) is 12.1. The van der Waals surface area contributed by atoms with Gasteiger partial charge in [-0.2, -0.15) is 5.10 Å². The Morgan fingerprint density at radius 2 is 1.91 bits per heavy atom. The lowest BCUT2D eigenvalue weighted by Crippen LogP contribution is -2.08. The van der Waals surface area contributed by atoms with E-state index in [1.807, 2.05) is 36.4 Å². The van der Waals surface area contributed by atoms with E-state index in [9.17, 15) is 10.1 Å². The van der Waals surface area contributed by atoms with Gasteiger partial charge < -0.3 is 0 Å². The van der Waals surface area contributed by atoms with E-state index in [1.54, 1.807) is 23.0 Å². The predicted molar refractivity (Wildman–Crippen MR) is 86.0 cm³/mol. The summed E-state index contributed by atoms with van der Waals surface area (Å²) in [5, 5.41) is 15.5. The number of fused-ring (bicyclic) bond motifs is 3. The van der Waals surface area contributed by atoms with Gasteiger partial charge in [-0.15, -0.1) is 0 Å². The van der Waals surface area contributed by atoms with Crippen molar-refractivity contribution in [2.45, 2.75) is 6.54 Å². The number of rotatable bonds is 2. The van der Waals surface area contributed by atoms with E-state index in [4.69, 9.17) is 0 Å². The predicted octanol–water partition coefficient (Wildman–Crippen LogP) is 3.13. The van der Waals surface area contributed by atoms with E-state index in [0.29, 0.717) is 12.1 Å². The molecule has 0 saturated heterocycles. The highest BCUT2D eigenvalue weighted by Gasteiger charge is 2.21. The maximum Gasteiger partial charge on any atom is 0.270 e. The Bertz CT molecular complexity index is 929. The molecule has 112 valence electrons. The zero-order valence-corrected chi connectivity index (χ0v) is 12.1. The van der Waals surface area contributed by atoms with E-state index in [1.165, 1.54) is 6.07 Å². The van der Waals surface area contributed by atoms with Crippen molar-refractivity contribution in [3.63, 3.8) is 0 Å². The third kappa shape index (κ3) is 2.20. The van der Waals surface area contributed by atoms with Crippen molar-refractivity contribution >= 4 is 11.4 Å². The first-order valence-electron chi connectivity index (χ1n) is 7.16. The number of benzene rings is 2. The Morgan fingerprint density at radius 3 is 2.70 bits per heavy atom. The van der Waals surface area contributed by atoms with Crippen LogP contribution in [0.4, 0.5) is 5.69 Å². The number of hydrogen-bond donors (Lipinski definition) is 0. The molecule has 0 spiro atoms. The Labute approximate surface area is 131 Å². The molecule has 1 aliphatic rings. The highest BCUT2D eigenvalue weighted by atomic mass is 16.6. The van der Waals surface area contributed by atoms with Crippen LogP contribution in [0.1, 0.15) is 16.8 Å². The minimum absolute atomic E-state index is 0.0444. The monoisotopic (exact) mass is 304 g/mol. The summed E-state index contributed by atoms with van der Waals surface area (Å²) >= 11 is 0. The third-order valence-electron chi connectivity index (χ3n) is 3.84. The van der Waals surface area contributed by atoms with Crippen LogP contribution in [-0.4, -0.2) is 20.4 Å². The fraction of sp³-hybridized carbons (Fsp3) is 0.0588. The summed E-state index contributed by atoms with van der Waals surface area (Å²) in [5.74, 6) is 0. The summed E-state index contributed by atoms with van der Waals surface area (Å²) < 4.78 is 1.79. The van der Waals surface area contributed by atoms with Gasteiger partial charge in [-0.05, 0) is 12.1 Å². The minimum atomic E-state index is -0.391. The summed E-state index contributed by atoms with van der Waals surface area (Å²) in [6.45, 7) is 0.479. The molecule has 0 N–H and O–H groups in total. The second-order valence-electron chi connectivity index (χ2n) is 5.22. The fourth-order valence-electron chi connectivity index (χ4n) is 2.77. The second kappa shape index (κ2) is 5.17. The molecule has 6 nitrogen and oxygen atoms in total. The first kappa shape index (κ1) is 13.4. The van der Waals surface area contributed by atoms with Crippen LogP contribution in [0.2, 0.25) is 0 Å². The molecule has 2 heterocycles. The molecule has 0 aliphatic carbocycles. The number of aliphatic imine (C=N–C) groups is 1. The van der Waals surface area contributed by atoms with Gasteiger partial charge in [-0.3, -0.25) is 15.1 Å². The highest BCUT2D eigenvalue weighted by molar-refractivity contribution is 6.15. The maximum absolute atomic E-state index is 11.2. The molecular weight excluding hydrogens is 292 g/mol. The second-order valence-corrected chi connectivity index (χ2v) is 5.22. The molecule has 0 amide bonds. The average Bonchev–Trinajstić information content (AvgIpc) is 2.98. The van der Waals surface area contributed by atoms with E-state index in [2.05, 4.69) is 10.1 Å². The molecule has 1 aliphatic heterocycles. The zero-order chi connectivity index (χ0) is 15.8. The van der Waals surface area contributed by atoms with Gasteiger partial charge in [0.25, 0.3) is 5.69 Å². The van der Waals surface area contributed by atoms with Crippen LogP contribution >= 0.6 is 0 Å². The van der Waals surface area contributed by atoms with Gasteiger partial charge in [0.2, 0.25) is 0 Å². The number of nitrogens with zero attached hydrogens (tertiary/aromatic N) is 4. The van der Waals surface area contributed by atoms with Crippen LogP contribution in [0.3, 0.4) is 0 Å². The van der Waals surface area contributed by atoms with Gasteiger partial charge in [0.1, 0.15) is 0 Å². The van der Waals surface area contributed by atoms with Crippen LogP contribution in [0.5, 0.6) is 0 Å². The fourth-order valence-corrected chi connectivity index (χ4v) is 2.77. The molecular formula is C17H12N4O2. The van der Waals surface area contributed by atoms with Crippen LogP contribution in [0, 0.1) is 10.1 Å². The summed E-state index contributed by atoms with van der Waals surface area (Å²) in [7, 11) is 0. The summed E-state index contributed by atoms with van der Waals surface area (Å²) in [6.07, 6.45) is 1.71. The summed E-state index contributed by atoms with van der Waals surface area (Å²) in [6, 6.07) is 16.4. The van der Waals surface area contributed by atoms with Crippen molar-refractivity contribution in [3.8, 4) is 5.69 Å². The number of nitro groups is 1. The molecule has 6 heteroatoms. The molecule has 0 fully saturated rings. The molecule has 1 aromatic heterocycles. The van der Waals surface area contributed by atoms with Gasteiger partial charge in [0.15, 0.2) is 0 Å². The summed E-state index contributed by atoms with van der Waals surface area (Å²) in [4.78, 5) is 15.4. The van der Waals surface area contributed by atoms with Gasteiger partial charge >= 0.3 is 0 Å². The van der Waals surface area contributed by atoms with E-state index in [-0.39, 0.29) is 5.69 Å². The molecule has 4 rings (SSSR count). The Kier molecular flexibility index (Phi) is 3.01. The van der Waals surface area contributed by atoms with E-state index < -0.39 is 4.92 Å². The van der Waals surface area contributed by atoms with Crippen LogP contribution in [0.25, 0.3) is 5.69 Å². The van der Waals surface area contributed by atoms with Crippen molar-refractivity contribution in [2.24, 2.45) is 4.99 Å². The molecule has 0 unspecified atom stereocenters. The third-order valence-corrected chi connectivity index (χ3v) is 3.84. The van der Waals surface area contributed by atoms with Crippen molar-refractivity contribution < 1.29 is 4.92 Å². The molecule has 0 saturated carbocycles. The molecule has 3 aromatic rings. The smallest absolute Gasteiger partial charge is 0.270 e. The largest absolute Gasteiger partial charge is 0.278 e. The van der Waals surface area contributed by atoms with Crippen molar-refractivity contribution in [2.75, 3.05) is 0 Å². The van der Waals surface area contributed by atoms with Gasteiger partial charge in [-0.25, -0.2) is 4.68 Å². The van der Waals surface area contributed by atoms with Crippen molar-refractivity contribution in [3.05, 3.63) is 87.7 Å². The molecule has 0 atom stereocenters. The Balaban J connectivity index is 1.99. The maximum atomic E-state index is 11.2. The van der Waals surface area contributed by atoms with Crippen molar-refractivity contribution in [1.29, 1.82) is 0 Å². The summed E-state index contributed by atoms with van der Waals surface area (Å²) in [5.41, 5.74) is 4.19. The normalized spacial score (nSPS) is 12.8. The number of non-ortho nitro benzene ring substituents is 1. The number of hydrogen-bond acceptors (Lipinski definition) is 4. The first-order chi connectivity index (χ1) is 11.2. The quantitative estimate of drug-likeness (QED) is 0.539. The first-order valence-corrected chi connectivity index (χ1v) is 7.16. The number of aromatic nitrogens is 2. The topological polar surface area (TPSA) is 73.3 Å². The molecule has 0 bridgehead atoms. The van der Waals surface area contributed by atoms with Crippen molar-refractivity contribution in [1.82, 2.24) is 9.78 Å². The van der Waals surface area contributed by atoms with E-state index >= 15 is 0 Å². The van der Waals surface area contributed by atoms with Gasteiger partial charge in [0, 0.05) is 29.5 Å². The molecule has 23 heavy (non-hydrogen) atoms. The van der Waals surface area contributed by atoms with E-state index in [0.717, 1.165) is 22.7 Å². The SMILES string of the molecule is O=[N+]([O-])c1ccc2c(c1)C(c1ccccc1)=NCc1ccnn1-2. The van der Waals surface area contributed by atoms with Gasteiger partial charge in [0.05, 0.1) is 28.6 Å². The highest BCUT2D eigenvalue weighted by Crippen LogP contribution is 2.27. The standard InChI is InChI=1S/C17H12N4O2/c22-21(23)13-6-7-16-15(10-13)17(12-4-2-1-3-5-12)18-11-14-8-9-19-20(14)16/h1-10H,11H2. The molecule has 2 aromatic carbocycles. The average molecular weight is 304 g/mol. The van der Waals surface area contributed by atoms with Crippen LogP contribution in [-0.2, 0) is 6.54 Å². The lowest BCUT2D eigenvalue weighted by Gasteiger charge is -2.11. The lowest BCUT2D eigenvalue weighted by molar-refractivity contribution is -0.384. The molecule has 0 radical (unpaired) electrons. The van der Waals surface area contributed by atoms with Crippen LogP contribution < -0.4 is 0 Å².